The number of nitrogens with zero attached hydrogens (tertiary/aromatic N) is 2. The van der Waals surface area contributed by atoms with Gasteiger partial charge in [-0.25, -0.2) is 0 Å². The molecule has 16 heavy (non-hydrogen) atoms. The van der Waals surface area contributed by atoms with Crippen LogP contribution in [-0.2, 0) is 0 Å². The number of rotatable bonds is 3. The normalized spacial score (nSPS) is 34.1. The summed E-state index contributed by atoms with van der Waals surface area (Å²) in [4.78, 5) is 5.42. The van der Waals surface area contributed by atoms with Crippen LogP contribution < -0.4 is 5.32 Å². The van der Waals surface area contributed by atoms with Gasteiger partial charge in [0.2, 0.25) is 0 Å². The topological polar surface area (TPSA) is 18.5 Å². The molecule has 0 bridgehead atoms. The molecule has 2 heterocycles. The lowest BCUT2D eigenvalue weighted by atomic mass is 9.97. The van der Waals surface area contributed by atoms with Crippen molar-refractivity contribution in [3.63, 3.8) is 0 Å². The highest BCUT2D eigenvalue weighted by Gasteiger charge is 2.32. The van der Waals surface area contributed by atoms with Gasteiger partial charge in [0.05, 0.1) is 0 Å². The van der Waals surface area contributed by atoms with Crippen molar-refractivity contribution in [1.29, 1.82) is 0 Å². The fourth-order valence-electron chi connectivity index (χ4n) is 3.28. The van der Waals surface area contributed by atoms with Crippen LogP contribution in [-0.4, -0.2) is 61.7 Å². The number of likely N-dealkylation sites (tertiary alicyclic amines) is 1. The van der Waals surface area contributed by atoms with Crippen molar-refractivity contribution in [1.82, 2.24) is 15.1 Å². The molecule has 0 radical (unpaired) electrons. The van der Waals surface area contributed by atoms with Gasteiger partial charge in [0.1, 0.15) is 0 Å². The first-order valence-corrected chi connectivity index (χ1v) is 7.09. The predicted octanol–water partition coefficient (Wildman–Crippen LogP) is 0.766. The quantitative estimate of drug-likeness (QED) is 0.762. The minimum absolute atomic E-state index is 0.951. The van der Waals surface area contributed by atoms with E-state index in [1.807, 2.05) is 0 Å². The van der Waals surface area contributed by atoms with Crippen LogP contribution in [0.2, 0.25) is 0 Å². The summed E-state index contributed by atoms with van der Waals surface area (Å²) in [6.45, 7) is 9.03. The van der Waals surface area contributed by atoms with Crippen molar-refractivity contribution >= 4 is 0 Å². The first-order valence-electron chi connectivity index (χ1n) is 7.09. The standard InChI is InChI=1S/C13H25N3/c1-2-12(10-15-8-5-14-6-9-15)11-16(7-1)13-3-4-13/h12-14H,1-11H2/t12-/m0/s1. The second kappa shape index (κ2) is 5.03. The predicted molar refractivity (Wildman–Crippen MR) is 66.6 cm³/mol. The highest BCUT2D eigenvalue weighted by Crippen LogP contribution is 2.31. The maximum absolute atomic E-state index is 3.44. The molecule has 3 aliphatic rings. The summed E-state index contributed by atoms with van der Waals surface area (Å²) in [6.07, 6.45) is 5.85. The van der Waals surface area contributed by atoms with Crippen LogP contribution in [0.1, 0.15) is 25.7 Å². The molecule has 0 amide bonds. The molecule has 3 heteroatoms. The first kappa shape index (κ1) is 11.0. The number of piperidine rings is 1. The summed E-state index contributed by atoms with van der Waals surface area (Å²) < 4.78 is 0. The van der Waals surface area contributed by atoms with Gasteiger partial charge in [0, 0.05) is 45.3 Å². The van der Waals surface area contributed by atoms with Gasteiger partial charge in [-0.2, -0.15) is 0 Å². The van der Waals surface area contributed by atoms with Crippen LogP contribution in [0.25, 0.3) is 0 Å². The molecule has 2 aliphatic heterocycles. The molecule has 3 fully saturated rings. The van der Waals surface area contributed by atoms with Crippen LogP contribution >= 0.6 is 0 Å². The molecule has 0 aromatic heterocycles. The molecular formula is C13H25N3. The molecule has 1 aliphatic carbocycles. The maximum atomic E-state index is 3.44. The summed E-state index contributed by atoms with van der Waals surface area (Å²) in [7, 11) is 0. The van der Waals surface area contributed by atoms with E-state index in [4.69, 9.17) is 0 Å². The zero-order chi connectivity index (χ0) is 10.8. The van der Waals surface area contributed by atoms with E-state index < -0.39 is 0 Å². The minimum atomic E-state index is 0.951. The Kier molecular flexibility index (Phi) is 3.46. The lowest BCUT2D eigenvalue weighted by Crippen LogP contribution is -2.48. The third kappa shape index (κ3) is 2.76. The van der Waals surface area contributed by atoms with Crippen molar-refractivity contribution in [2.24, 2.45) is 5.92 Å². The van der Waals surface area contributed by atoms with E-state index in [2.05, 4.69) is 15.1 Å². The Labute approximate surface area is 99.2 Å². The SMILES string of the molecule is C1C[C@@H](CN2CCNCC2)CN(C2CC2)C1. The highest BCUT2D eigenvalue weighted by atomic mass is 15.2. The average Bonchev–Trinajstić information content (AvgIpc) is 3.15. The molecule has 0 spiro atoms. The smallest absolute Gasteiger partial charge is 0.0107 e. The maximum Gasteiger partial charge on any atom is 0.0107 e. The van der Waals surface area contributed by atoms with Crippen molar-refractivity contribution in [3.8, 4) is 0 Å². The van der Waals surface area contributed by atoms with E-state index in [-0.39, 0.29) is 0 Å². The van der Waals surface area contributed by atoms with E-state index in [0.29, 0.717) is 0 Å². The average molecular weight is 223 g/mol. The van der Waals surface area contributed by atoms with E-state index in [1.54, 1.807) is 0 Å². The van der Waals surface area contributed by atoms with Crippen molar-refractivity contribution in [2.75, 3.05) is 45.8 Å². The second-order valence-corrected chi connectivity index (χ2v) is 5.78. The molecule has 2 saturated heterocycles. The van der Waals surface area contributed by atoms with Gasteiger partial charge in [0.25, 0.3) is 0 Å². The van der Waals surface area contributed by atoms with Crippen LogP contribution in [0.5, 0.6) is 0 Å². The third-order valence-electron chi connectivity index (χ3n) is 4.34. The molecule has 1 saturated carbocycles. The lowest BCUT2D eigenvalue weighted by Gasteiger charge is -2.37. The summed E-state index contributed by atoms with van der Waals surface area (Å²) in [5, 5.41) is 3.44. The summed E-state index contributed by atoms with van der Waals surface area (Å²) in [5.74, 6) is 0.951. The van der Waals surface area contributed by atoms with Crippen molar-refractivity contribution in [3.05, 3.63) is 0 Å². The molecule has 3 nitrogen and oxygen atoms in total. The highest BCUT2D eigenvalue weighted by molar-refractivity contribution is 4.88. The first-order chi connectivity index (χ1) is 7.92. The molecule has 0 aromatic carbocycles. The monoisotopic (exact) mass is 223 g/mol. The number of hydrogen-bond acceptors (Lipinski definition) is 3. The fourth-order valence-corrected chi connectivity index (χ4v) is 3.28. The number of piperazine rings is 1. The summed E-state index contributed by atoms with van der Waals surface area (Å²) in [5.41, 5.74) is 0. The Morgan fingerprint density at radius 3 is 2.56 bits per heavy atom. The van der Waals surface area contributed by atoms with Crippen LogP contribution in [0.4, 0.5) is 0 Å². The van der Waals surface area contributed by atoms with Gasteiger partial charge < -0.3 is 15.1 Å². The fraction of sp³-hybridized carbons (Fsp3) is 1.00. The van der Waals surface area contributed by atoms with Crippen molar-refractivity contribution in [2.45, 2.75) is 31.7 Å². The van der Waals surface area contributed by atoms with Gasteiger partial charge in [-0.3, -0.25) is 0 Å². The Hall–Kier alpha value is -0.120. The van der Waals surface area contributed by atoms with E-state index in [0.717, 1.165) is 12.0 Å². The molecule has 1 N–H and O–H groups in total. The van der Waals surface area contributed by atoms with E-state index in [1.165, 1.54) is 71.5 Å². The Morgan fingerprint density at radius 1 is 1.00 bits per heavy atom. The molecular weight excluding hydrogens is 198 g/mol. The lowest BCUT2D eigenvalue weighted by molar-refractivity contribution is 0.121. The molecule has 0 aromatic rings. The largest absolute Gasteiger partial charge is 0.314 e. The zero-order valence-corrected chi connectivity index (χ0v) is 10.3. The number of nitrogens with one attached hydrogen (secondary N) is 1. The Bertz CT molecular complexity index is 221. The van der Waals surface area contributed by atoms with Gasteiger partial charge in [-0.1, -0.05) is 0 Å². The number of hydrogen-bond donors (Lipinski definition) is 1. The van der Waals surface area contributed by atoms with Gasteiger partial charge in [-0.05, 0) is 38.1 Å². The third-order valence-corrected chi connectivity index (χ3v) is 4.34. The Balaban J connectivity index is 1.46. The molecule has 1 atom stereocenters. The Morgan fingerprint density at radius 2 is 1.81 bits per heavy atom. The second-order valence-electron chi connectivity index (χ2n) is 5.78. The van der Waals surface area contributed by atoms with E-state index >= 15 is 0 Å². The minimum Gasteiger partial charge on any atom is -0.314 e. The van der Waals surface area contributed by atoms with Crippen LogP contribution in [0.3, 0.4) is 0 Å². The van der Waals surface area contributed by atoms with Gasteiger partial charge in [0.15, 0.2) is 0 Å². The van der Waals surface area contributed by atoms with Gasteiger partial charge >= 0.3 is 0 Å². The van der Waals surface area contributed by atoms with Gasteiger partial charge in [-0.15, -0.1) is 0 Å². The molecule has 3 rings (SSSR count). The zero-order valence-electron chi connectivity index (χ0n) is 10.3. The summed E-state index contributed by atoms with van der Waals surface area (Å²) in [6, 6.07) is 0.978. The van der Waals surface area contributed by atoms with Crippen LogP contribution in [0.15, 0.2) is 0 Å². The summed E-state index contributed by atoms with van der Waals surface area (Å²) >= 11 is 0. The van der Waals surface area contributed by atoms with Crippen LogP contribution in [0, 0.1) is 5.92 Å². The molecule has 92 valence electrons. The van der Waals surface area contributed by atoms with Crippen molar-refractivity contribution < 1.29 is 0 Å². The van der Waals surface area contributed by atoms with E-state index in [9.17, 15) is 0 Å². The molecule has 0 unspecified atom stereocenters.